The van der Waals surface area contributed by atoms with Gasteiger partial charge in [-0.25, -0.2) is 8.42 Å². The first-order valence-electron chi connectivity index (χ1n) is 9.40. The van der Waals surface area contributed by atoms with Crippen LogP contribution in [0.25, 0.3) is 0 Å². The molecule has 0 unspecified atom stereocenters. The molecule has 3 aromatic carbocycles. The van der Waals surface area contributed by atoms with Gasteiger partial charge >= 0.3 is 0 Å². The van der Waals surface area contributed by atoms with Crippen molar-refractivity contribution in [3.05, 3.63) is 88.4 Å². The third-order valence-electron chi connectivity index (χ3n) is 4.78. The smallest absolute Gasteiger partial charge is 0.264 e. The molecule has 156 valence electrons. The second kappa shape index (κ2) is 8.90. The number of hydrogen-bond donors (Lipinski definition) is 1. The van der Waals surface area contributed by atoms with Gasteiger partial charge < -0.3 is 5.32 Å². The summed E-state index contributed by atoms with van der Waals surface area (Å²) in [7, 11) is -3.98. The molecule has 30 heavy (non-hydrogen) atoms. The lowest BCUT2D eigenvalue weighted by Gasteiger charge is -2.26. The zero-order valence-corrected chi connectivity index (χ0v) is 18.6. The molecular formula is C23H23ClN2O3S. The van der Waals surface area contributed by atoms with E-state index in [1.165, 1.54) is 12.1 Å². The summed E-state index contributed by atoms with van der Waals surface area (Å²) in [5.41, 5.74) is 3.57. The number of rotatable bonds is 6. The zero-order chi connectivity index (χ0) is 21.9. The molecule has 0 spiro atoms. The first-order valence-corrected chi connectivity index (χ1v) is 11.2. The van der Waals surface area contributed by atoms with Crippen LogP contribution in [-0.2, 0) is 14.8 Å². The van der Waals surface area contributed by atoms with E-state index in [0.717, 1.165) is 15.4 Å². The fourth-order valence-corrected chi connectivity index (χ4v) is 4.83. The normalized spacial score (nSPS) is 11.2. The summed E-state index contributed by atoms with van der Waals surface area (Å²) >= 11 is 6.23. The summed E-state index contributed by atoms with van der Waals surface area (Å²) in [6.45, 7) is 5.20. The minimum Gasteiger partial charge on any atom is -0.324 e. The molecule has 7 heteroatoms. The van der Waals surface area contributed by atoms with Crippen molar-refractivity contribution in [1.82, 2.24) is 0 Å². The first kappa shape index (κ1) is 21.9. The Morgan fingerprint density at radius 2 is 1.67 bits per heavy atom. The Balaban J connectivity index is 1.99. The highest BCUT2D eigenvalue weighted by molar-refractivity contribution is 7.92. The van der Waals surface area contributed by atoms with Crippen LogP contribution in [0.2, 0.25) is 5.02 Å². The van der Waals surface area contributed by atoms with E-state index in [4.69, 9.17) is 11.6 Å². The van der Waals surface area contributed by atoms with Crippen LogP contribution in [0, 0.1) is 20.8 Å². The molecule has 0 aromatic heterocycles. The Kier molecular flexibility index (Phi) is 6.48. The molecule has 0 fully saturated rings. The number of hydrogen-bond acceptors (Lipinski definition) is 3. The summed E-state index contributed by atoms with van der Waals surface area (Å²) in [5, 5.41) is 3.24. The van der Waals surface area contributed by atoms with Crippen molar-refractivity contribution in [2.24, 2.45) is 0 Å². The summed E-state index contributed by atoms with van der Waals surface area (Å²) < 4.78 is 27.9. The monoisotopic (exact) mass is 442 g/mol. The highest BCUT2D eigenvalue weighted by atomic mass is 35.5. The van der Waals surface area contributed by atoms with Gasteiger partial charge in [-0.05, 0) is 62.2 Å². The number of sulfonamides is 1. The third-order valence-corrected chi connectivity index (χ3v) is 6.97. The van der Waals surface area contributed by atoms with Gasteiger partial charge in [0.1, 0.15) is 6.54 Å². The van der Waals surface area contributed by atoms with Crippen LogP contribution in [0.5, 0.6) is 0 Å². The zero-order valence-electron chi connectivity index (χ0n) is 17.0. The number of nitrogens with one attached hydrogen (secondary N) is 1. The topological polar surface area (TPSA) is 66.5 Å². The number of carbonyl (C=O) groups is 1. The highest BCUT2D eigenvalue weighted by Crippen LogP contribution is 2.31. The minimum absolute atomic E-state index is 0.101. The predicted octanol–water partition coefficient (Wildman–Crippen LogP) is 5.10. The molecule has 5 nitrogen and oxygen atoms in total. The molecule has 0 saturated heterocycles. The number of aryl methyl sites for hydroxylation is 2. The summed E-state index contributed by atoms with van der Waals surface area (Å²) in [4.78, 5) is 13.0. The molecule has 0 aliphatic carbocycles. The van der Waals surface area contributed by atoms with E-state index in [-0.39, 0.29) is 11.4 Å². The Morgan fingerprint density at radius 3 is 2.33 bits per heavy atom. The van der Waals surface area contributed by atoms with Crippen molar-refractivity contribution in [3.8, 4) is 0 Å². The molecule has 0 bridgehead atoms. The van der Waals surface area contributed by atoms with Gasteiger partial charge in [-0.15, -0.1) is 0 Å². The third kappa shape index (κ3) is 4.66. The lowest BCUT2D eigenvalue weighted by atomic mass is 10.1. The van der Waals surface area contributed by atoms with Gasteiger partial charge in [0.2, 0.25) is 5.91 Å². The maximum atomic E-state index is 13.4. The molecule has 0 aliphatic heterocycles. The molecule has 0 atom stereocenters. The lowest BCUT2D eigenvalue weighted by molar-refractivity contribution is -0.114. The van der Waals surface area contributed by atoms with Crippen LogP contribution in [0.3, 0.4) is 0 Å². The van der Waals surface area contributed by atoms with Crippen molar-refractivity contribution in [2.75, 3.05) is 16.2 Å². The van der Waals surface area contributed by atoms with E-state index in [1.54, 1.807) is 43.3 Å². The van der Waals surface area contributed by atoms with Crippen LogP contribution in [-0.4, -0.2) is 20.9 Å². The molecule has 3 aromatic rings. The van der Waals surface area contributed by atoms with Gasteiger partial charge in [-0.3, -0.25) is 9.10 Å². The second-order valence-corrected chi connectivity index (χ2v) is 9.34. The number of carbonyl (C=O) groups excluding carboxylic acids is 1. The molecule has 0 saturated carbocycles. The molecule has 0 heterocycles. The molecule has 1 N–H and O–H groups in total. The first-order chi connectivity index (χ1) is 14.2. The Morgan fingerprint density at radius 1 is 0.967 bits per heavy atom. The van der Waals surface area contributed by atoms with Gasteiger partial charge in [-0.2, -0.15) is 0 Å². The number of benzene rings is 3. The number of anilines is 2. The van der Waals surface area contributed by atoms with Crippen LogP contribution >= 0.6 is 11.6 Å². The molecule has 1 amide bonds. The van der Waals surface area contributed by atoms with E-state index in [9.17, 15) is 13.2 Å². The molecule has 0 aliphatic rings. The minimum atomic E-state index is -3.98. The highest BCUT2D eigenvalue weighted by Gasteiger charge is 2.28. The largest absolute Gasteiger partial charge is 0.324 e. The van der Waals surface area contributed by atoms with E-state index in [1.807, 2.05) is 32.0 Å². The number of halogens is 1. The van der Waals surface area contributed by atoms with Gasteiger partial charge in [0.15, 0.2) is 0 Å². The van der Waals surface area contributed by atoms with Crippen LogP contribution < -0.4 is 9.62 Å². The standard InChI is InChI=1S/C23H23ClN2O3S/c1-16-12-13-21(17(2)14-16)25-23(27)15-26(22-11-7-10-20(24)18(22)3)30(28,29)19-8-5-4-6-9-19/h4-14H,15H2,1-3H3,(H,25,27). The lowest BCUT2D eigenvalue weighted by Crippen LogP contribution is -2.38. The van der Waals surface area contributed by atoms with Crippen LogP contribution in [0.15, 0.2) is 71.6 Å². The second-order valence-electron chi connectivity index (χ2n) is 7.08. The molecule has 0 radical (unpaired) electrons. The fourth-order valence-electron chi connectivity index (χ4n) is 3.16. The summed E-state index contributed by atoms with van der Waals surface area (Å²) in [6.07, 6.45) is 0. The SMILES string of the molecule is Cc1ccc(NC(=O)CN(c2cccc(Cl)c2C)S(=O)(=O)c2ccccc2)c(C)c1. The summed E-state index contributed by atoms with van der Waals surface area (Å²) in [6, 6.07) is 18.7. The number of nitrogens with zero attached hydrogens (tertiary/aromatic N) is 1. The van der Waals surface area contributed by atoms with Gasteiger partial charge in [0.25, 0.3) is 10.0 Å². The van der Waals surface area contributed by atoms with E-state index < -0.39 is 15.9 Å². The number of amides is 1. The quantitative estimate of drug-likeness (QED) is 0.577. The Labute approximate surface area is 182 Å². The van der Waals surface area contributed by atoms with Gasteiger partial charge in [-0.1, -0.05) is 53.6 Å². The average molecular weight is 443 g/mol. The van der Waals surface area contributed by atoms with E-state index in [2.05, 4.69) is 5.32 Å². The van der Waals surface area contributed by atoms with Crippen LogP contribution in [0.4, 0.5) is 11.4 Å². The Hall–Kier alpha value is -2.83. The fraction of sp³-hybridized carbons (Fsp3) is 0.174. The average Bonchev–Trinajstić information content (AvgIpc) is 2.71. The molecule has 3 rings (SSSR count). The van der Waals surface area contributed by atoms with Gasteiger partial charge in [0, 0.05) is 10.7 Å². The van der Waals surface area contributed by atoms with E-state index >= 15 is 0 Å². The maximum absolute atomic E-state index is 13.4. The molecular weight excluding hydrogens is 420 g/mol. The van der Waals surface area contributed by atoms with Crippen molar-refractivity contribution in [1.29, 1.82) is 0 Å². The predicted molar refractivity (Wildman–Crippen MR) is 122 cm³/mol. The maximum Gasteiger partial charge on any atom is 0.264 e. The Bertz CT molecular complexity index is 1180. The van der Waals surface area contributed by atoms with E-state index in [0.29, 0.717) is 22.0 Å². The van der Waals surface area contributed by atoms with Crippen molar-refractivity contribution in [3.63, 3.8) is 0 Å². The van der Waals surface area contributed by atoms with Crippen molar-refractivity contribution >= 4 is 38.9 Å². The van der Waals surface area contributed by atoms with Gasteiger partial charge in [0.05, 0.1) is 10.6 Å². The van der Waals surface area contributed by atoms with Crippen molar-refractivity contribution < 1.29 is 13.2 Å². The van der Waals surface area contributed by atoms with Crippen LogP contribution in [0.1, 0.15) is 16.7 Å². The van der Waals surface area contributed by atoms with Crippen molar-refractivity contribution in [2.45, 2.75) is 25.7 Å². The summed E-state index contributed by atoms with van der Waals surface area (Å²) in [5.74, 6) is -0.444.